The van der Waals surface area contributed by atoms with E-state index in [1.165, 1.54) is 10.7 Å². The number of amides is 1. The minimum Gasteiger partial charge on any atom is -0.466 e. The van der Waals surface area contributed by atoms with Gasteiger partial charge in [0.05, 0.1) is 36.0 Å². The highest BCUT2D eigenvalue weighted by atomic mass is 19.1. The van der Waals surface area contributed by atoms with E-state index >= 15 is 0 Å². The first kappa shape index (κ1) is 32.8. The fraction of sp³-hybridized carbons (Fsp3) is 0.281. The van der Waals surface area contributed by atoms with Crippen molar-refractivity contribution in [3.63, 3.8) is 0 Å². The number of nitrogens with one attached hydrogen (secondary N) is 1. The van der Waals surface area contributed by atoms with Crippen LogP contribution in [0.1, 0.15) is 65.7 Å². The number of hydrogen-bond acceptors (Lipinski definition) is 6. The standard InChI is InChI=1S/C17H18F2N2O3.C15H13F2N3O/c1-3-24-16(22)7-6-15(21-10-11(2)9-20-21)17(23)13-5-4-12(18)8-14(13)19;1-9-7-18-20(8-9)13-4-5-14(21)19-15(13)11-3-2-10(16)6-12(11)17/h4-5,8-10,15H,3,6-7H2,1-2H3;2-3,6-8H,4-5H2,1H3,(H,19,21). The Bertz CT molecular complexity index is 1750. The van der Waals surface area contributed by atoms with E-state index in [9.17, 15) is 31.9 Å². The second-order valence-electron chi connectivity index (χ2n) is 10.3. The largest absolute Gasteiger partial charge is 0.466 e. The number of carbonyl (C=O) groups excluding carboxylic acids is 3. The van der Waals surface area contributed by atoms with Crippen LogP contribution in [-0.2, 0) is 14.3 Å². The van der Waals surface area contributed by atoms with Crippen molar-refractivity contribution in [2.45, 2.75) is 52.5 Å². The summed E-state index contributed by atoms with van der Waals surface area (Å²) in [6, 6.07) is 5.19. The number of hydrogen-bond donors (Lipinski definition) is 1. The Morgan fingerprint density at radius 1 is 0.933 bits per heavy atom. The maximum Gasteiger partial charge on any atom is 0.305 e. The molecule has 0 spiro atoms. The lowest BCUT2D eigenvalue weighted by atomic mass is 9.99. The zero-order valence-corrected chi connectivity index (χ0v) is 24.8. The number of aryl methyl sites for hydroxylation is 2. The molecular weight excluding hydrogens is 594 g/mol. The van der Waals surface area contributed by atoms with Crippen molar-refractivity contribution in [3.8, 4) is 0 Å². The topological polar surface area (TPSA) is 108 Å². The molecule has 0 radical (unpaired) electrons. The number of Topliss-reactive ketones (excluding diaryl/α,β-unsaturated/α-hetero) is 1. The molecule has 3 heterocycles. The maximum atomic E-state index is 14.0. The van der Waals surface area contributed by atoms with E-state index in [4.69, 9.17) is 4.74 Å². The predicted octanol–water partition coefficient (Wildman–Crippen LogP) is 5.94. The van der Waals surface area contributed by atoms with Crippen LogP contribution in [0.4, 0.5) is 17.6 Å². The summed E-state index contributed by atoms with van der Waals surface area (Å²) in [5, 5.41) is 10.9. The summed E-state index contributed by atoms with van der Waals surface area (Å²) in [7, 11) is 0. The van der Waals surface area contributed by atoms with Crippen LogP contribution in [0, 0.1) is 37.1 Å². The van der Waals surface area contributed by atoms with Gasteiger partial charge in [-0.15, -0.1) is 0 Å². The van der Waals surface area contributed by atoms with Crippen molar-refractivity contribution < 1.29 is 36.7 Å². The fourth-order valence-corrected chi connectivity index (χ4v) is 4.68. The third-order valence-electron chi connectivity index (χ3n) is 6.81. The number of aromatic nitrogens is 4. The van der Waals surface area contributed by atoms with E-state index < -0.39 is 41.1 Å². The fourth-order valence-electron chi connectivity index (χ4n) is 4.68. The van der Waals surface area contributed by atoms with E-state index in [-0.39, 0.29) is 36.5 Å². The van der Waals surface area contributed by atoms with Crippen molar-refractivity contribution in [2.75, 3.05) is 6.61 Å². The van der Waals surface area contributed by atoms with Gasteiger partial charge in [-0.1, -0.05) is 0 Å². The van der Waals surface area contributed by atoms with Crippen LogP contribution in [0.15, 0.2) is 61.2 Å². The Labute approximate surface area is 256 Å². The van der Waals surface area contributed by atoms with Crippen molar-refractivity contribution in [1.82, 2.24) is 24.9 Å². The van der Waals surface area contributed by atoms with Crippen molar-refractivity contribution in [2.24, 2.45) is 0 Å². The third kappa shape index (κ3) is 8.31. The smallest absolute Gasteiger partial charge is 0.305 e. The van der Waals surface area contributed by atoms with Gasteiger partial charge < -0.3 is 10.1 Å². The molecule has 1 aliphatic heterocycles. The lowest BCUT2D eigenvalue weighted by Crippen LogP contribution is -2.28. The first-order valence-corrected chi connectivity index (χ1v) is 14.1. The first-order chi connectivity index (χ1) is 21.5. The van der Waals surface area contributed by atoms with Crippen LogP contribution in [0.25, 0.3) is 11.4 Å². The Kier molecular flexibility index (Phi) is 10.7. The summed E-state index contributed by atoms with van der Waals surface area (Å²) in [6.07, 6.45) is 7.53. The van der Waals surface area contributed by atoms with Crippen LogP contribution >= 0.6 is 0 Å². The minimum atomic E-state index is -0.940. The summed E-state index contributed by atoms with van der Waals surface area (Å²) in [5.74, 6) is -4.28. The number of nitrogens with zero attached hydrogens (tertiary/aromatic N) is 4. The van der Waals surface area contributed by atoms with Crippen LogP contribution in [0.3, 0.4) is 0 Å². The molecule has 5 rings (SSSR count). The second kappa shape index (κ2) is 14.6. The molecule has 1 amide bonds. The van der Waals surface area contributed by atoms with Gasteiger partial charge in [0.2, 0.25) is 5.91 Å². The van der Waals surface area contributed by atoms with E-state index in [1.807, 2.05) is 6.92 Å². The van der Waals surface area contributed by atoms with Gasteiger partial charge in [0, 0.05) is 49.4 Å². The number of ketones is 1. The van der Waals surface area contributed by atoms with Gasteiger partial charge in [-0.3, -0.25) is 19.1 Å². The molecule has 0 saturated heterocycles. The molecule has 1 atom stereocenters. The van der Waals surface area contributed by atoms with Gasteiger partial charge in [0.15, 0.2) is 5.78 Å². The van der Waals surface area contributed by atoms with Crippen LogP contribution in [-0.4, -0.2) is 43.8 Å². The molecule has 0 aliphatic carbocycles. The zero-order chi connectivity index (χ0) is 32.7. The van der Waals surface area contributed by atoms with E-state index in [0.717, 1.165) is 35.4 Å². The van der Waals surface area contributed by atoms with Gasteiger partial charge in [-0.2, -0.15) is 10.2 Å². The number of halogens is 4. The maximum absolute atomic E-state index is 14.0. The molecule has 236 valence electrons. The summed E-state index contributed by atoms with van der Waals surface area (Å²) in [6.45, 7) is 5.62. The second-order valence-corrected chi connectivity index (χ2v) is 10.3. The average Bonchev–Trinajstić information content (AvgIpc) is 3.61. The number of rotatable bonds is 9. The van der Waals surface area contributed by atoms with Gasteiger partial charge in [0.1, 0.15) is 29.3 Å². The molecule has 2 aromatic heterocycles. The number of carbonyl (C=O) groups is 3. The van der Waals surface area contributed by atoms with Crippen molar-refractivity contribution in [1.29, 1.82) is 0 Å². The summed E-state index contributed by atoms with van der Waals surface area (Å²) in [5.41, 5.74) is 2.73. The zero-order valence-electron chi connectivity index (χ0n) is 24.8. The van der Waals surface area contributed by atoms with E-state index in [0.29, 0.717) is 30.3 Å². The highest BCUT2D eigenvalue weighted by Gasteiger charge is 2.27. The SMILES string of the molecule is CCOC(=O)CCC(C(=O)c1ccc(F)cc1F)n1cc(C)cn1.Cc1cnn(C2=C(c3ccc(F)cc3F)NC(=O)CC2)c1. The Hall–Kier alpha value is -5.07. The summed E-state index contributed by atoms with van der Waals surface area (Å²) < 4.78 is 61.9. The Morgan fingerprint density at radius 2 is 1.60 bits per heavy atom. The van der Waals surface area contributed by atoms with Gasteiger partial charge >= 0.3 is 5.97 Å². The molecule has 0 bridgehead atoms. The molecule has 1 aliphatic rings. The quantitative estimate of drug-likeness (QED) is 0.140. The number of allylic oxidation sites excluding steroid dienone is 1. The molecule has 2 aromatic carbocycles. The molecular formula is C32H31F4N5O4. The summed E-state index contributed by atoms with van der Waals surface area (Å²) in [4.78, 5) is 35.9. The number of esters is 1. The lowest BCUT2D eigenvalue weighted by Gasteiger charge is -2.21. The highest BCUT2D eigenvalue weighted by Crippen LogP contribution is 2.29. The van der Waals surface area contributed by atoms with Crippen LogP contribution in [0.2, 0.25) is 0 Å². The first-order valence-electron chi connectivity index (χ1n) is 14.1. The van der Waals surface area contributed by atoms with Crippen molar-refractivity contribution in [3.05, 3.63) is 107 Å². The van der Waals surface area contributed by atoms with Crippen molar-refractivity contribution >= 4 is 29.1 Å². The molecule has 4 aromatic rings. The Balaban J connectivity index is 0.000000206. The van der Waals surface area contributed by atoms with E-state index in [2.05, 4.69) is 15.5 Å². The van der Waals surface area contributed by atoms with E-state index in [1.54, 1.807) is 43.3 Å². The Morgan fingerprint density at radius 3 is 2.20 bits per heavy atom. The molecule has 45 heavy (non-hydrogen) atoms. The number of ether oxygens (including phenoxy) is 1. The lowest BCUT2D eigenvalue weighted by molar-refractivity contribution is -0.143. The molecule has 0 fully saturated rings. The summed E-state index contributed by atoms with van der Waals surface area (Å²) >= 11 is 0. The predicted molar refractivity (Wildman–Crippen MR) is 156 cm³/mol. The third-order valence-corrected chi connectivity index (χ3v) is 6.81. The van der Waals surface area contributed by atoms with Gasteiger partial charge in [-0.05, 0) is 62.6 Å². The molecule has 9 nitrogen and oxygen atoms in total. The monoisotopic (exact) mass is 625 g/mol. The molecule has 1 N–H and O–H groups in total. The molecule has 1 unspecified atom stereocenters. The van der Waals surface area contributed by atoms with Gasteiger partial charge in [0.25, 0.3) is 0 Å². The molecule has 0 saturated carbocycles. The van der Waals surface area contributed by atoms with Crippen LogP contribution in [0.5, 0.6) is 0 Å². The van der Waals surface area contributed by atoms with Gasteiger partial charge in [-0.25, -0.2) is 22.2 Å². The molecule has 13 heteroatoms. The van der Waals surface area contributed by atoms with Crippen LogP contribution < -0.4 is 5.32 Å². The average molecular weight is 626 g/mol. The normalized spacial score (nSPS) is 13.5. The highest BCUT2D eigenvalue weighted by molar-refractivity contribution is 5.99. The number of benzene rings is 2. The minimum absolute atomic E-state index is 0.00797.